The number of nitrogens with zero attached hydrogens (tertiary/aromatic N) is 4. The number of alkyl halides is 3. The molecule has 0 bridgehead atoms. The molecule has 0 aromatic heterocycles. The molecule has 1 spiro atoms. The SMILES string of the molecule is CNC(=O)C1CC2(CCN(S(=O)(=O)N(C)C)CC2)CN1c1ccc(C#N)c(C(F)(F)F)c1. The Morgan fingerprint density at radius 1 is 1.28 bits per heavy atom. The maximum atomic E-state index is 13.5. The maximum Gasteiger partial charge on any atom is 0.417 e. The molecule has 0 radical (unpaired) electrons. The van der Waals surface area contributed by atoms with Crippen LogP contribution in [0, 0.1) is 16.7 Å². The van der Waals surface area contributed by atoms with Gasteiger partial charge >= 0.3 is 6.18 Å². The van der Waals surface area contributed by atoms with Crippen LogP contribution in [-0.2, 0) is 21.2 Å². The van der Waals surface area contributed by atoms with E-state index in [0.29, 0.717) is 25.8 Å². The van der Waals surface area contributed by atoms with Crippen LogP contribution in [0.2, 0.25) is 0 Å². The third-order valence-corrected chi connectivity index (χ3v) is 8.33. The lowest BCUT2D eigenvalue weighted by Gasteiger charge is -2.39. The predicted molar refractivity (Wildman–Crippen MR) is 112 cm³/mol. The minimum Gasteiger partial charge on any atom is -0.359 e. The van der Waals surface area contributed by atoms with E-state index in [4.69, 9.17) is 5.26 Å². The molecule has 1 N–H and O–H groups in total. The quantitative estimate of drug-likeness (QED) is 0.719. The number of rotatable bonds is 4. The first-order valence-electron chi connectivity index (χ1n) is 10.1. The minimum atomic E-state index is -4.70. The summed E-state index contributed by atoms with van der Waals surface area (Å²) < 4.78 is 67.8. The monoisotopic (exact) mass is 473 g/mol. The zero-order valence-electron chi connectivity index (χ0n) is 18.1. The van der Waals surface area contributed by atoms with Gasteiger partial charge in [0.05, 0.1) is 17.2 Å². The summed E-state index contributed by atoms with van der Waals surface area (Å²) >= 11 is 0. The van der Waals surface area contributed by atoms with Crippen LogP contribution in [0.3, 0.4) is 0 Å². The number of piperidine rings is 1. The minimum absolute atomic E-state index is 0.213. The summed E-state index contributed by atoms with van der Waals surface area (Å²) in [6.07, 6.45) is -3.31. The van der Waals surface area contributed by atoms with E-state index in [0.717, 1.165) is 16.4 Å². The van der Waals surface area contributed by atoms with Gasteiger partial charge in [0.15, 0.2) is 0 Å². The molecule has 8 nitrogen and oxygen atoms in total. The first kappa shape index (κ1) is 24.3. The molecule has 0 saturated carbocycles. The molecule has 2 aliphatic heterocycles. The standard InChI is InChI=1S/C20H26F3N5O3S/c1-25-18(29)17-11-19(6-8-27(9-7-19)32(30,31)26(2)3)13-28(17)15-5-4-14(12-24)16(10-15)20(21,22)23/h4-5,10,17H,6-9,11,13H2,1-3H3,(H,25,29). The molecule has 2 saturated heterocycles. The van der Waals surface area contributed by atoms with Crippen molar-refractivity contribution in [1.82, 2.24) is 13.9 Å². The fourth-order valence-electron chi connectivity index (χ4n) is 4.56. The van der Waals surface area contributed by atoms with E-state index in [9.17, 15) is 26.4 Å². The molecule has 1 atom stereocenters. The number of amides is 1. The van der Waals surface area contributed by atoms with Crippen molar-refractivity contribution in [3.63, 3.8) is 0 Å². The molecule has 1 aromatic carbocycles. The number of anilines is 1. The van der Waals surface area contributed by atoms with E-state index in [2.05, 4.69) is 5.32 Å². The fourth-order valence-corrected chi connectivity index (χ4v) is 5.66. The Labute approximate surface area is 185 Å². The van der Waals surface area contributed by atoms with E-state index < -0.39 is 39.0 Å². The van der Waals surface area contributed by atoms with Crippen molar-refractivity contribution in [2.45, 2.75) is 31.5 Å². The van der Waals surface area contributed by atoms with Crippen molar-refractivity contribution in [2.24, 2.45) is 5.41 Å². The van der Waals surface area contributed by atoms with Crippen LogP contribution in [0.15, 0.2) is 18.2 Å². The van der Waals surface area contributed by atoms with Gasteiger partial charge in [-0.05, 0) is 42.9 Å². The van der Waals surface area contributed by atoms with E-state index >= 15 is 0 Å². The molecule has 2 heterocycles. The second-order valence-electron chi connectivity index (χ2n) is 8.49. The summed E-state index contributed by atoms with van der Waals surface area (Å²) in [6.45, 7) is 0.871. The molecule has 32 heavy (non-hydrogen) atoms. The normalized spacial score (nSPS) is 21.7. The van der Waals surface area contributed by atoms with E-state index in [1.165, 1.54) is 31.5 Å². The van der Waals surface area contributed by atoms with Crippen molar-refractivity contribution in [3.05, 3.63) is 29.3 Å². The van der Waals surface area contributed by atoms with Gasteiger partial charge in [-0.1, -0.05) is 0 Å². The number of nitriles is 1. The van der Waals surface area contributed by atoms with Crippen LogP contribution in [-0.4, -0.2) is 69.8 Å². The largest absolute Gasteiger partial charge is 0.417 e. The van der Waals surface area contributed by atoms with E-state index in [1.54, 1.807) is 11.0 Å². The van der Waals surface area contributed by atoms with Crippen molar-refractivity contribution in [1.29, 1.82) is 5.26 Å². The third kappa shape index (κ3) is 4.42. The van der Waals surface area contributed by atoms with Crippen molar-refractivity contribution >= 4 is 21.8 Å². The van der Waals surface area contributed by atoms with E-state index in [-0.39, 0.29) is 24.7 Å². The summed E-state index contributed by atoms with van der Waals surface area (Å²) in [6, 6.07) is 4.34. The van der Waals surface area contributed by atoms with Gasteiger partial charge in [-0.2, -0.15) is 35.5 Å². The van der Waals surface area contributed by atoms with Crippen LogP contribution in [0.25, 0.3) is 0 Å². The van der Waals surface area contributed by atoms with Crippen LogP contribution in [0.5, 0.6) is 0 Å². The predicted octanol–water partition coefficient (Wildman–Crippen LogP) is 1.79. The van der Waals surface area contributed by atoms with Gasteiger partial charge < -0.3 is 10.2 Å². The second-order valence-corrected chi connectivity index (χ2v) is 10.6. The summed E-state index contributed by atoms with van der Waals surface area (Å²) in [5.41, 5.74) is -1.71. The molecule has 2 aliphatic rings. The molecule has 12 heteroatoms. The highest BCUT2D eigenvalue weighted by atomic mass is 32.2. The first-order valence-corrected chi connectivity index (χ1v) is 11.5. The Kier molecular flexibility index (Phi) is 6.48. The van der Waals surface area contributed by atoms with E-state index in [1.807, 2.05) is 0 Å². The van der Waals surface area contributed by atoms with Crippen molar-refractivity contribution in [2.75, 3.05) is 45.7 Å². The third-order valence-electron chi connectivity index (χ3n) is 6.39. The number of likely N-dealkylation sites (N-methyl/N-ethyl adjacent to an activating group) is 1. The highest BCUT2D eigenvalue weighted by Gasteiger charge is 2.49. The Balaban J connectivity index is 1.91. The number of carbonyl (C=O) groups excluding carboxylic acids is 1. The molecule has 1 aromatic rings. The summed E-state index contributed by atoms with van der Waals surface area (Å²) in [5, 5.41) is 11.6. The highest BCUT2D eigenvalue weighted by molar-refractivity contribution is 7.86. The van der Waals surface area contributed by atoms with Crippen LogP contribution < -0.4 is 10.2 Å². The highest BCUT2D eigenvalue weighted by Crippen LogP contribution is 2.46. The van der Waals surface area contributed by atoms with Gasteiger partial charge in [-0.3, -0.25) is 4.79 Å². The zero-order chi connectivity index (χ0) is 23.9. The molecule has 1 unspecified atom stereocenters. The van der Waals surface area contributed by atoms with Gasteiger partial charge in [0.1, 0.15) is 6.04 Å². The molecule has 176 valence electrons. The molecule has 2 fully saturated rings. The maximum absolute atomic E-state index is 13.5. The summed E-state index contributed by atoms with van der Waals surface area (Å²) in [7, 11) is 0.832. The zero-order valence-corrected chi connectivity index (χ0v) is 18.9. The fraction of sp³-hybridized carbons (Fsp3) is 0.600. The van der Waals surface area contributed by atoms with Gasteiger partial charge in [-0.15, -0.1) is 0 Å². The van der Waals surface area contributed by atoms with Gasteiger partial charge in [-0.25, -0.2) is 0 Å². The van der Waals surface area contributed by atoms with Crippen LogP contribution >= 0.6 is 0 Å². The topological polar surface area (TPSA) is 96.8 Å². The Bertz CT molecular complexity index is 1030. The average Bonchev–Trinajstić information content (AvgIpc) is 3.11. The van der Waals surface area contributed by atoms with Gasteiger partial charge in [0.2, 0.25) is 5.91 Å². The molecule has 3 rings (SSSR count). The smallest absolute Gasteiger partial charge is 0.359 e. The molecular weight excluding hydrogens is 447 g/mol. The molecule has 0 aliphatic carbocycles. The number of hydrogen-bond acceptors (Lipinski definition) is 5. The Morgan fingerprint density at radius 2 is 1.91 bits per heavy atom. The summed E-state index contributed by atoms with van der Waals surface area (Å²) in [5.74, 6) is -0.317. The number of benzene rings is 1. The lowest BCUT2D eigenvalue weighted by Crippen LogP contribution is -2.48. The van der Waals surface area contributed by atoms with Gasteiger partial charge in [0.25, 0.3) is 10.2 Å². The number of carbonyl (C=O) groups is 1. The van der Waals surface area contributed by atoms with Crippen LogP contribution in [0.1, 0.15) is 30.4 Å². The average molecular weight is 474 g/mol. The van der Waals surface area contributed by atoms with Gasteiger partial charge in [0, 0.05) is 46.5 Å². The number of halogens is 3. The lowest BCUT2D eigenvalue weighted by atomic mass is 9.77. The Hall–Kier alpha value is -2.36. The molecule has 1 amide bonds. The first-order chi connectivity index (χ1) is 14.8. The lowest BCUT2D eigenvalue weighted by molar-refractivity contribution is -0.137. The number of hydrogen-bond donors (Lipinski definition) is 1. The number of nitrogens with one attached hydrogen (secondary N) is 1. The van der Waals surface area contributed by atoms with Crippen molar-refractivity contribution < 1.29 is 26.4 Å². The molecular formula is C20H26F3N5O3S. The summed E-state index contributed by atoms with van der Waals surface area (Å²) in [4.78, 5) is 14.2. The Morgan fingerprint density at radius 3 is 2.41 bits per heavy atom. The van der Waals surface area contributed by atoms with Crippen molar-refractivity contribution in [3.8, 4) is 6.07 Å². The second kappa shape index (κ2) is 8.53. The van der Waals surface area contributed by atoms with Crippen LogP contribution in [0.4, 0.5) is 18.9 Å².